The van der Waals surface area contributed by atoms with Crippen LogP contribution in [0.5, 0.6) is 5.88 Å². The molecule has 1 amide bonds. The number of aliphatic hydroxyl groups is 1. The van der Waals surface area contributed by atoms with E-state index in [4.69, 9.17) is 14.5 Å². The van der Waals surface area contributed by atoms with Crippen LogP contribution in [0.15, 0.2) is 48.1 Å². The maximum Gasteiger partial charge on any atom is 0.249 e. The van der Waals surface area contributed by atoms with Crippen LogP contribution in [0.3, 0.4) is 0 Å². The van der Waals surface area contributed by atoms with Crippen LogP contribution in [0, 0.1) is 5.92 Å². The number of thiazole rings is 1. The summed E-state index contributed by atoms with van der Waals surface area (Å²) in [5.41, 5.74) is 4.16. The number of amides is 1. The van der Waals surface area contributed by atoms with E-state index in [1.807, 2.05) is 29.8 Å². The highest BCUT2D eigenvalue weighted by atomic mass is 32.1. The number of rotatable bonds is 11. The summed E-state index contributed by atoms with van der Waals surface area (Å²) in [7, 11) is 0. The lowest BCUT2D eigenvalue weighted by molar-refractivity contribution is -0.131. The van der Waals surface area contributed by atoms with Crippen molar-refractivity contribution in [1.82, 2.24) is 20.6 Å². The fourth-order valence-corrected chi connectivity index (χ4v) is 7.06. The summed E-state index contributed by atoms with van der Waals surface area (Å²) in [5.74, 6) is 1.09. The molecular weight excluding hydrogens is 548 g/mol. The lowest BCUT2D eigenvalue weighted by atomic mass is 9.73. The summed E-state index contributed by atoms with van der Waals surface area (Å²) in [6, 6.07) is 9.95. The van der Waals surface area contributed by atoms with Gasteiger partial charge in [-0.1, -0.05) is 32.0 Å². The Hall–Kier alpha value is -2.85. The van der Waals surface area contributed by atoms with Gasteiger partial charge in [0, 0.05) is 54.5 Å². The third kappa shape index (κ3) is 6.70. The molecule has 0 unspecified atom stereocenters. The summed E-state index contributed by atoms with van der Waals surface area (Å²) in [6.07, 6.45) is 9.57. The molecule has 9 heteroatoms. The van der Waals surface area contributed by atoms with Crippen LogP contribution >= 0.6 is 11.3 Å². The molecule has 1 spiro atoms. The van der Waals surface area contributed by atoms with Crippen molar-refractivity contribution in [1.29, 1.82) is 0 Å². The second kappa shape index (κ2) is 12.8. The Bertz CT molecular complexity index is 1350. The van der Waals surface area contributed by atoms with E-state index >= 15 is 0 Å². The normalized spacial score (nSPS) is 22.3. The lowest BCUT2D eigenvalue weighted by Gasteiger charge is -2.47. The van der Waals surface area contributed by atoms with Crippen LogP contribution in [-0.4, -0.2) is 58.0 Å². The molecule has 3 aromatic rings. The van der Waals surface area contributed by atoms with Crippen LogP contribution < -0.4 is 15.4 Å². The number of aromatic nitrogens is 2. The van der Waals surface area contributed by atoms with Crippen LogP contribution in [0.2, 0.25) is 0 Å². The van der Waals surface area contributed by atoms with E-state index in [2.05, 4.69) is 41.6 Å². The number of fused-ring (bicyclic) bond motifs is 1. The fourth-order valence-electron chi connectivity index (χ4n) is 6.42. The van der Waals surface area contributed by atoms with Gasteiger partial charge in [0.15, 0.2) is 0 Å². The fraction of sp³-hybridized carbons (Fsp3) is 0.545. The molecule has 8 nitrogen and oxygen atoms in total. The molecular formula is C33H42N4O4S. The molecule has 2 aromatic heterocycles. The first kappa shape index (κ1) is 29.2. The molecule has 1 aromatic carbocycles. The third-order valence-electron chi connectivity index (χ3n) is 8.76. The Kier molecular flexibility index (Phi) is 8.90. The molecule has 1 aliphatic carbocycles. The number of nitrogens with one attached hydrogen (secondary N) is 2. The Balaban J connectivity index is 1.20. The average Bonchev–Trinajstić information content (AvgIpc) is 3.70. The summed E-state index contributed by atoms with van der Waals surface area (Å²) in [6.45, 7) is 5.35. The second-order valence-electron chi connectivity index (χ2n) is 12.6. The van der Waals surface area contributed by atoms with E-state index in [1.54, 1.807) is 17.5 Å². The number of hydrogen-bond acceptors (Lipinski definition) is 8. The molecule has 0 radical (unpaired) electrons. The van der Waals surface area contributed by atoms with Crippen molar-refractivity contribution in [3.05, 3.63) is 64.8 Å². The lowest BCUT2D eigenvalue weighted by Crippen LogP contribution is -2.53. The van der Waals surface area contributed by atoms with Gasteiger partial charge in [0.2, 0.25) is 11.8 Å². The first-order chi connectivity index (χ1) is 20.4. The zero-order chi connectivity index (χ0) is 29.1. The van der Waals surface area contributed by atoms with Crippen molar-refractivity contribution in [2.45, 2.75) is 95.1 Å². The molecule has 1 saturated carbocycles. The number of benzene rings is 1. The van der Waals surface area contributed by atoms with Gasteiger partial charge in [0.1, 0.15) is 16.7 Å². The first-order valence-electron chi connectivity index (χ1n) is 15.4. The van der Waals surface area contributed by atoms with Crippen LogP contribution in [0.4, 0.5) is 0 Å². The highest BCUT2D eigenvalue weighted by Gasteiger charge is 2.46. The van der Waals surface area contributed by atoms with Gasteiger partial charge < -0.3 is 25.2 Å². The van der Waals surface area contributed by atoms with Crippen LogP contribution in [-0.2, 0) is 22.4 Å². The predicted octanol–water partition coefficient (Wildman–Crippen LogP) is 5.01. The summed E-state index contributed by atoms with van der Waals surface area (Å²) in [4.78, 5) is 22.3. The molecule has 3 N–H and O–H groups in total. The minimum absolute atomic E-state index is 0.0195. The van der Waals surface area contributed by atoms with Crippen LogP contribution in [0.1, 0.15) is 75.1 Å². The highest BCUT2D eigenvalue weighted by molar-refractivity contribution is 7.13. The van der Waals surface area contributed by atoms with Crippen molar-refractivity contribution >= 4 is 17.2 Å². The molecule has 0 bridgehead atoms. The van der Waals surface area contributed by atoms with Crippen molar-refractivity contribution in [2.24, 2.45) is 5.92 Å². The summed E-state index contributed by atoms with van der Waals surface area (Å²) >= 11 is 1.59. The largest absolute Gasteiger partial charge is 0.471 e. The molecule has 4 atom stereocenters. The molecule has 3 aliphatic rings. The van der Waals surface area contributed by atoms with Crippen molar-refractivity contribution in [2.75, 3.05) is 13.2 Å². The number of pyridine rings is 1. The molecule has 2 fully saturated rings. The van der Waals surface area contributed by atoms with E-state index < -0.39 is 18.2 Å². The van der Waals surface area contributed by atoms with E-state index in [1.165, 1.54) is 5.56 Å². The number of carbonyl (C=O) groups is 1. The molecule has 42 heavy (non-hydrogen) atoms. The topological polar surface area (TPSA) is 106 Å². The molecule has 2 aliphatic heterocycles. The Morgan fingerprint density at radius 1 is 1.17 bits per heavy atom. The van der Waals surface area contributed by atoms with E-state index in [0.717, 1.165) is 60.2 Å². The number of ether oxygens (including phenoxy) is 2. The molecule has 224 valence electrons. The summed E-state index contributed by atoms with van der Waals surface area (Å²) in [5, 5.41) is 21.3. The number of aliphatic hydroxyl groups excluding tert-OH is 1. The maximum absolute atomic E-state index is 13.1. The Morgan fingerprint density at radius 2 is 2.05 bits per heavy atom. The maximum atomic E-state index is 13.1. The number of nitrogens with zero attached hydrogens (tertiary/aromatic N) is 2. The first-order valence-corrected chi connectivity index (χ1v) is 16.3. The SMILES string of the molecule is CC(C)Cc1cnc2c(c1)[C@@H](NC[C@H](O)[C@@H](Cc1cccc(-c3nccs3)c1)NC(=O)[C@H]1CCCO1)CC1(CCC1)O2. The molecule has 6 rings (SSSR count). The minimum Gasteiger partial charge on any atom is -0.471 e. The second-order valence-corrected chi connectivity index (χ2v) is 13.5. The van der Waals surface area contributed by atoms with Gasteiger partial charge in [-0.2, -0.15) is 0 Å². The van der Waals surface area contributed by atoms with Crippen molar-refractivity contribution in [3.8, 4) is 16.5 Å². The van der Waals surface area contributed by atoms with Crippen LogP contribution in [0.25, 0.3) is 10.6 Å². The molecule has 4 heterocycles. The van der Waals surface area contributed by atoms with Gasteiger partial charge in [-0.05, 0) is 74.1 Å². The standard InChI is InChI=1S/C33H42N4O4S/c1-21(2)14-23-16-25-27(18-33(9-5-10-33)41-31(25)36-19-23)35-20-28(38)26(37-30(39)29-8-4-12-40-29)17-22-6-3-7-24(15-22)32-34-11-13-42-32/h3,6-7,11,13,15-16,19,21,26-29,35,38H,4-5,8-10,12,14,17-18,20H2,1-2H3,(H,37,39)/t26-,27+,28+,29-/m1/s1. The smallest absolute Gasteiger partial charge is 0.249 e. The van der Waals surface area contributed by atoms with Gasteiger partial charge >= 0.3 is 0 Å². The van der Waals surface area contributed by atoms with Gasteiger partial charge in [0.25, 0.3) is 0 Å². The van der Waals surface area contributed by atoms with Gasteiger partial charge in [0.05, 0.1) is 12.1 Å². The van der Waals surface area contributed by atoms with Crippen molar-refractivity contribution < 1.29 is 19.4 Å². The Labute approximate surface area is 252 Å². The van der Waals surface area contributed by atoms with Gasteiger partial charge in [-0.15, -0.1) is 11.3 Å². The third-order valence-corrected chi connectivity index (χ3v) is 9.58. The van der Waals surface area contributed by atoms with E-state index in [9.17, 15) is 9.90 Å². The minimum atomic E-state index is -0.811. The highest BCUT2D eigenvalue weighted by Crippen LogP contribution is 2.48. The number of hydrogen-bond donors (Lipinski definition) is 3. The zero-order valence-electron chi connectivity index (χ0n) is 24.6. The zero-order valence-corrected chi connectivity index (χ0v) is 25.4. The average molecular weight is 591 g/mol. The van der Waals surface area contributed by atoms with E-state index in [0.29, 0.717) is 37.8 Å². The summed E-state index contributed by atoms with van der Waals surface area (Å²) < 4.78 is 12.1. The van der Waals surface area contributed by atoms with Crippen molar-refractivity contribution in [3.63, 3.8) is 0 Å². The predicted molar refractivity (Wildman–Crippen MR) is 164 cm³/mol. The monoisotopic (exact) mass is 590 g/mol. The van der Waals surface area contributed by atoms with E-state index in [-0.39, 0.29) is 17.6 Å². The Morgan fingerprint density at radius 3 is 2.76 bits per heavy atom. The number of carbonyl (C=O) groups excluding carboxylic acids is 1. The van der Waals surface area contributed by atoms with Gasteiger partial charge in [-0.25, -0.2) is 9.97 Å². The molecule has 1 saturated heterocycles. The van der Waals surface area contributed by atoms with Gasteiger partial charge in [-0.3, -0.25) is 4.79 Å². The quantitative estimate of drug-likeness (QED) is 0.288.